The smallest absolute Gasteiger partial charge is 0.303 e. The maximum absolute atomic E-state index is 14.5. The number of ether oxygens (including phenoxy) is 4. The molecule has 1 heterocycles. The summed E-state index contributed by atoms with van der Waals surface area (Å²) in [5.74, 6) is 4.00. The standard InChI is InChI=1S/C35H50N2O7Si/c1-24(2)45(25(3)4,26(5)6)19-14-33(39)37(29-11-13-31(42-8)28(20-29)23-38)35(15-17-44-18-16-35)34(40)36-22-27-10-12-30(41-7)21-32(27)43-9/h10-13,20-21,24-26,38H,15-18,22-23H2,1-9H3,(H,36,40). The van der Waals surface area contributed by atoms with Crippen LogP contribution >= 0.6 is 0 Å². The number of benzene rings is 2. The normalized spacial score (nSPS) is 14.5. The minimum Gasteiger partial charge on any atom is -0.497 e. The molecule has 2 N–H and O–H groups in total. The number of aliphatic hydroxyl groups excluding tert-OH is 1. The van der Waals surface area contributed by atoms with Gasteiger partial charge < -0.3 is 29.4 Å². The minimum absolute atomic E-state index is 0.177. The van der Waals surface area contributed by atoms with Gasteiger partial charge in [-0.05, 0) is 52.9 Å². The van der Waals surface area contributed by atoms with Gasteiger partial charge in [0.2, 0.25) is 5.91 Å². The van der Waals surface area contributed by atoms with Crippen LogP contribution in [0.2, 0.25) is 16.6 Å². The number of rotatable bonds is 12. The van der Waals surface area contributed by atoms with E-state index in [4.69, 9.17) is 18.9 Å². The molecule has 1 aliphatic heterocycles. The third-order valence-corrected chi connectivity index (χ3v) is 15.5. The lowest BCUT2D eigenvalue weighted by atomic mass is 9.85. The van der Waals surface area contributed by atoms with Gasteiger partial charge in [-0.3, -0.25) is 14.5 Å². The molecule has 0 saturated carbocycles. The van der Waals surface area contributed by atoms with E-state index in [-0.39, 0.29) is 31.9 Å². The zero-order chi connectivity index (χ0) is 33.4. The maximum Gasteiger partial charge on any atom is 0.303 e. The Labute approximate surface area is 269 Å². The molecule has 0 aliphatic carbocycles. The van der Waals surface area contributed by atoms with Gasteiger partial charge in [-0.25, -0.2) is 0 Å². The van der Waals surface area contributed by atoms with Gasteiger partial charge >= 0.3 is 5.91 Å². The van der Waals surface area contributed by atoms with Crippen LogP contribution < -0.4 is 24.4 Å². The number of methoxy groups -OCH3 is 3. The average molecular weight is 639 g/mol. The van der Waals surface area contributed by atoms with Crippen molar-refractivity contribution in [2.24, 2.45) is 0 Å². The molecule has 246 valence electrons. The average Bonchev–Trinajstić information content (AvgIpc) is 3.03. The van der Waals surface area contributed by atoms with E-state index in [1.807, 2.05) is 12.1 Å². The van der Waals surface area contributed by atoms with Crippen LogP contribution in [0.5, 0.6) is 17.2 Å². The van der Waals surface area contributed by atoms with Crippen molar-refractivity contribution in [1.29, 1.82) is 0 Å². The van der Waals surface area contributed by atoms with Gasteiger partial charge in [0, 0.05) is 55.5 Å². The van der Waals surface area contributed by atoms with Crippen molar-refractivity contribution in [3.05, 3.63) is 47.5 Å². The molecular formula is C35H50N2O7Si. The van der Waals surface area contributed by atoms with Crippen molar-refractivity contribution in [3.63, 3.8) is 0 Å². The Morgan fingerprint density at radius 3 is 2.07 bits per heavy atom. The lowest BCUT2D eigenvalue weighted by Gasteiger charge is -2.44. The highest BCUT2D eigenvalue weighted by Crippen LogP contribution is 2.41. The summed E-state index contributed by atoms with van der Waals surface area (Å²) in [6, 6.07) is 10.6. The molecule has 1 saturated heterocycles. The zero-order valence-electron chi connectivity index (χ0n) is 28.3. The topological polar surface area (TPSA) is 107 Å². The van der Waals surface area contributed by atoms with Crippen LogP contribution in [0, 0.1) is 11.5 Å². The van der Waals surface area contributed by atoms with E-state index in [9.17, 15) is 14.7 Å². The molecule has 2 aromatic carbocycles. The molecule has 0 radical (unpaired) electrons. The van der Waals surface area contributed by atoms with Crippen LogP contribution in [0.15, 0.2) is 36.4 Å². The highest BCUT2D eigenvalue weighted by molar-refractivity contribution is 6.90. The number of anilines is 1. The van der Waals surface area contributed by atoms with Crippen LogP contribution in [0.25, 0.3) is 0 Å². The highest BCUT2D eigenvalue weighted by atomic mass is 28.3. The molecule has 10 heteroatoms. The molecule has 1 fully saturated rings. The van der Waals surface area contributed by atoms with Crippen LogP contribution in [0.4, 0.5) is 5.69 Å². The number of aliphatic hydroxyl groups is 1. The molecule has 0 unspecified atom stereocenters. The fraction of sp³-hybridized carbons (Fsp3) is 0.543. The summed E-state index contributed by atoms with van der Waals surface area (Å²) in [5.41, 5.74) is 4.96. The quantitative estimate of drug-likeness (QED) is 0.230. The molecule has 45 heavy (non-hydrogen) atoms. The van der Waals surface area contributed by atoms with Gasteiger partial charge in [0.15, 0.2) is 0 Å². The monoisotopic (exact) mass is 638 g/mol. The SMILES string of the molecule is COc1ccc(CNC(=O)C2(N(C(=O)C#C[Si](C(C)C)(C(C)C)C(C)C)c3ccc(OC)c(CO)c3)CCOCC2)c(OC)c1. The number of carbonyl (C=O) groups excluding carboxylic acids is 2. The molecule has 2 amide bonds. The first-order chi connectivity index (χ1) is 21.4. The predicted molar refractivity (Wildman–Crippen MR) is 179 cm³/mol. The van der Waals surface area contributed by atoms with Gasteiger partial charge in [0.25, 0.3) is 0 Å². The van der Waals surface area contributed by atoms with Gasteiger partial charge in [-0.15, -0.1) is 5.54 Å². The van der Waals surface area contributed by atoms with Gasteiger partial charge in [0.05, 0.1) is 27.9 Å². The van der Waals surface area contributed by atoms with E-state index in [1.54, 1.807) is 38.5 Å². The fourth-order valence-electron chi connectivity index (χ4n) is 6.84. The molecule has 9 nitrogen and oxygen atoms in total. The Morgan fingerprint density at radius 2 is 1.53 bits per heavy atom. The summed E-state index contributed by atoms with van der Waals surface area (Å²) < 4.78 is 22.0. The molecule has 0 aromatic heterocycles. The fourth-order valence-corrected chi connectivity index (χ4v) is 12.0. The molecular weight excluding hydrogens is 588 g/mol. The minimum atomic E-state index is -2.27. The van der Waals surface area contributed by atoms with Crippen LogP contribution in [0.3, 0.4) is 0 Å². The Balaban J connectivity index is 2.17. The lowest BCUT2D eigenvalue weighted by molar-refractivity contribution is -0.133. The number of hydrogen-bond acceptors (Lipinski definition) is 7. The number of hydrogen-bond donors (Lipinski definition) is 2. The largest absolute Gasteiger partial charge is 0.497 e. The van der Waals surface area contributed by atoms with E-state index >= 15 is 0 Å². The van der Waals surface area contributed by atoms with Crippen LogP contribution in [0.1, 0.15) is 65.5 Å². The number of amides is 2. The van der Waals surface area contributed by atoms with Gasteiger partial charge in [-0.1, -0.05) is 41.5 Å². The Bertz CT molecular complexity index is 1370. The number of nitrogens with one attached hydrogen (secondary N) is 1. The second kappa shape index (κ2) is 15.7. The highest BCUT2D eigenvalue weighted by Gasteiger charge is 2.49. The lowest BCUT2D eigenvalue weighted by Crippen LogP contribution is -2.63. The molecule has 0 atom stereocenters. The van der Waals surface area contributed by atoms with E-state index < -0.39 is 19.5 Å². The molecule has 0 spiro atoms. The summed E-state index contributed by atoms with van der Waals surface area (Å²) >= 11 is 0. The predicted octanol–water partition coefficient (Wildman–Crippen LogP) is 5.62. The van der Waals surface area contributed by atoms with E-state index in [1.165, 1.54) is 12.0 Å². The van der Waals surface area contributed by atoms with Crippen molar-refractivity contribution in [2.75, 3.05) is 39.4 Å². The van der Waals surface area contributed by atoms with E-state index in [0.29, 0.717) is 58.3 Å². The number of nitrogens with zero attached hydrogens (tertiary/aromatic N) is 1. The molecule has 3 rings (SSSR count). The van der Waals surface area contributed by atoms with Crippen molar-refractivity contribution in [1.82, 2.24) is 5.32 Å². The summed E-state index contributed by atoms with van der Waals surface area (Å²) in [5, 5.41) is 13.2. The first kappa shape index (κ1) is 36.0. The third-order valence-electron chi connectivity index (χ3n) is 9.25. The molecule has 0 bridgehead atoms. The second-order valence-corrected chi connectivity index (χ2v) is 18.0. The van der Waals surface area contributed by atoms with Gasteiger partial charge in [-0.2, -0.15) is 0 Å². The van der Waals surface area contributed by atoms with Crippen molar-refractivity contribution in [3.8, 4) is 28.7 Å². The van der Waals surface area contributed by atoms with Crippen LogP contribution in [-0.2, 0) is 27.5 Å². The van der Waals surface area contributed by atoms with Crippen molar-refractivity contribution < 1.29 is 33.6 Å². The first-order valence-electron chi connectivity index (χ1n) is 15.6. The van der Waals surface area contributed by atoms with Crippen molar-refractivity contribution >= 4 is 25.6 Å². The van der Waals surface area contributed by atoms with Crippen LogP contribution in [-0.4, -0.2) is 65.1 Å². The zero-order valence-corrected chi connectivity index (χ0v) is 29.3. The summed E-state index contributed by atoms with van der Waals surface area (Å²) in [4.78, 5) is 30.4. The Kier molecular flexibility index (Phi) is 12.5. The third kappa shape index (κ3) is 7.48. The summed E-state index contributed by atoms with van der Waals surface area (Å²) in [7, 11) is 2.40. The van der Waals surface area contributed by atoms with Crippen molar-refractivity contribution in [2.45, 2.75) is 89.7 Å². The Morgan fingerprint density at radius 1 is 0.911 bits per heavy atom. The summed E-state index contributed by atoms with van der Waals surface area (Å²) in [6.45, 7) is 13.6. The van der Waals surface area contributed by atoms with E-state index in [2.05, 4.69) is 58.3 Å². The second-order valence-electron chi connectivity index (χ2n) is 12.4. The Hall–Kier alpha value is -3.52. The van der Waals surface area contributed by atoms with E-state index in [0.717, 1.165) is 5.56 Å². The van der Waals surface area contributed by atoms with Gasteiger partial charge in [0.1, 0.15) is 30.9 Å². The maximum atomic E-state index is 14.5. The molecule has 1 aliphatic rings. The number of carbonyl (C=O) groups is 2. The first-order valence-corrected chi connectivity index (χ1v) is 17.9. The molecule has 2 aromatic rings. The summed E-state index contributed by atoms with van der Waals surface area (Å²) in [6.07, 6.45) is 0.543.